The van der Waals surface area contributed by atoms with E-state index >= 15 is 0 Å². The SMILES string of the molecule is COCCOc1ccc2sc(SC)nc2c1. The van der Waals surface area contributed by atoms with Crippen LogP contribution in [0.5, 0.6) is 5.75 Å². The maximum Gasteiger partial charge on any atom is 0.150 e. The van der Waals surface area contributed by atoms with Crippen molar-refractivity contribution in [3.05, 3.63) is 18.2 Å². The van der Waals surface area contributed by atoms with Gasteiger partial charge in [0.15, 0.2) is 4.34 Å². The normalized spacial score (nSPS) is 10.9. The van der Waals surface area contributed by atoms with E-state index in [0.717, 1.165) is 15.6 Å². The number of rotatable bonds is 5. The van der Waals surface area contributed by atoms with Crippen LogP contribution in [0.2, 0.25) is 0 Å². The lowest BCUT2D eigenvalue weighted by molar-refractivity contribution is 0.146. The minimum atomic E-state index is 0.571. The van der Waals surface area contributed by atoms with E-state index in [0.29, 0.717) is 13.2 Å². The highest BCUT2D eigenvalue weighted by Crippen LogP contribution is 2.30. The largest absolute Gasteiger partial charge is 0.491 e. The van der Waals surface area contributed by atoms with Gasteiger partial charge in [-0.05, 0) is 18.4 Å². The van der Waals surface area contributed by atoms with Crippen LogP contribution in [0.4, 0.5) is 0 Å². The lowest BCUT2D eigenvalue weighted by Crippen LogP contribution is -2.03. The monoisotopic (exact) mass is 255 g/mol. The number of thioether (sulfide) groups is 1. The minimum Gasteiger partial charge on any atom is -0.491 e. The van der Waals surface area contributed by atoms with Gasteiger partial charge in [-0.2, -0.15) is 0 Å². The molecular weight excluding hydrogens is 242 g/mol. The molecule has 1 aromatic heterocycles. The molecular formula is C11H13NO2S2. The van der Waals surface area contributed by atoms with Gasteiger partial charge < -0.3 is 9.47 Å². The molecule has 2 rings (SSSR count). The topological polar surface area (TPSA) is 31.4 Å². The molecule has 1 aromatic carbocycles. The van der Waals surface area contributed by atoms with Gasteiger partial charge in [0.2, 0.25) is 0 Å². The Balaban J connectivity index is 2.15. The molecule has 0 fully saturated rings. The van der Waals surface area contributed by atoms with E-state index in [1.165, 1.54) is 4.70 Å². The van der Waals surface area contributed by atoms with Crippen molar-refractivity contribution in [2.75, 3.05) is 26.6 Å². The van der Waals surface area contributed by atoms with Gasteiger partial charge in [0, 0.05) is 13.2 Å². The van der Waals surface area contributed by atoms with E-state index in [1.54, 1.807) is 30.2 Å². The third-order valence-electron chi connectivity index (χ3n) is 2.07. The van der Waals surface area contributed by atoms with E-state index < -0.39 is 0 Å². The summed E-state index contributed by atoms with van der Waals surface area (Å²) in [4.78, 5) is 4.49. The minimum absolute atomic E-state index is 0.571. The summed E-state index contributed by atoms with van der Waals surface area (Å²) in [5, 5.41) is 0. The van der Waals surface area contributed by atoms with Gasteiger partial charge >= 0.3 is 0 Å². The summed E-state index contributed by atoms with van der Waals surface area (Å²) in [6.07, 6.45) is 2.04. The summed E-state index contributed by atoms with van der Waals surface area (Å²) in [7, 11) is 1.66. The van der Waals surface area contributed by atoms with Gasteiger partial charge in [-0.15, -0.1) is 11.3 Å². The molecule has 3 nitrogen and oxygen atoms in total. The lowest BCUT2D eigenvalue weighted by atomic mass is 10.3. The Hall–Kier alpha value is -0.780. The number of thiazole rings is 1. The van der Waals surface area contributed by atoms with Crippen molar-refractivity contribution in [2.24, 2.45) is 0 Å². The molecule has 2 aromatic rings. The smallest absolute Gasteiger partial charge is 0.150 e. The first-order chi connectivity index (χ1) is 7.83. The van der Waals surface area contributed by atoms with Gasteiger partial charge in [-0.1, -0.05) is 11.8 Å². The fourth-order valence-corrected chi connectivity index (χ4v) is 2.78. The van der Waals surface area contributed by atoms with Gasteiger partial charge in [-0.25, -0.2) is 4.98 Å². The molecule has 0 saturated heterocycles. The predicted octanol–water partition coefficient (Wildman–Crippen LogP) is 3.04. The Morgan fingerprint density at radius 1 is 1.38 bits per heavy atom. The van der Waals surface area contributed by atoms with E-state index in [9.17, 15) is 0 Å². The van der Waals surface area contributed by atoms with Gasteiger partial charge in [-0.3, -0.25) is 0 Å². The molecule has 0 bridgehead atoms. The van der Waals surface area contributed by atoms with E-state index in [2.05, 4.69) is 11.1 Å². The predicted molar refractivity (Wildman–Crippen MR) is 68.8 cm³/mol. The summed E-state index contributed by atoms with van der Waals surface area (Å²) in [6.45, 7) is 1.17. The first-order valence-electron chi connectivity index (χ1n) is 4.90. The molecule has 16 heavy (non-hydrogen) atoms. The molecule has 5 heteroatoms. The van der Waals surface area contributed by atoms with Crippen LogP contribution in [0, 0.1) is 0 Å². The van der Waals surface area contributed by atoms with Crippen molar-refractivity contribution in [3.63, 3.8) is 0 Å². The lowest BCUT2D eigenvalue weighted by Gasteiger charge is -2.04. The number of aromatic nitrogens is 1. The molecule has 0 saturated carbocycles. The van der Waals surface area contributed by atoms with Crippen molar-refractivity contribution < 1.29 is 9.47 Å². The van der Waals surface area contributed by atoms with Crippen molar-refractivity contribution in [1.82, 2.24) is 4.98 Å². The van der Waals surface area contributed by atoms with Gasteiger partial charge in [0.05, 0.1) is 16.8 Å². The molecule has 0 aliphatic carbocycles. The zero-order valence-electron chi connectivity index (χ0n) is 9.23. The summed E-state index contributed by atoms with van der Waals surface area (Å²) < 4.78 is 12.7. The van der Waals surface area contributed by atoms with E-state index in [-0.39, 0.29) is 0 Å². The summed E-state index contributed by atoms with van der Waals surface area (Å²) in [6, 6.07) is 6.00. The average Bonchev–Trinajstić information content (AvgIpc) is 2.71. The van der Waals surface area contributed by atoms with Crippen LogP contribution in [-0.2, 0) is 4.74 Å². The Labute approximate surface area is 103 Å². The standard InChI is InChI=1S/C11H13NO2S2/c1-13-5-6-14-8-3-4-10-9(7-8)12-11(15-2)16-10/h3-4,7H,5-6H2,1-2H3. The number of hydrogen-bond donors (Lipinski definition) is 0. The molecule has 0 atom stereocenters. The molecule has 0 radical (unpaired) electrons. The molecule has 0 aliphatic rings. The zero-order chi connectivity index (χ0) is 11.4. The molecule has 0 N–H and O–H groups in total. The zero-order valence-corrected chi connectivity index (χ0v) is 10.9. The molecule has 0 amide bonds. The quantitative estimate of drug-likeness (QED) is 0.607. The Kier molecular flexibility index (Phi) is 4.04. The van der Waals surface area contributed by atoms with Crippen LogP contribution < -0.4 is 4.74 Å². The van der Waals surface area contributed by atoms with Crippen molar-refractivity contribution in [1.29, 1.82) is 0 Å². The van der Waals surface area contributed by atoms with Gasteiger partial charge in [0.25, 0.3) is 0 Å². The molecule has 0 aliphatic heterocycles. The maximum atomic E-state index is 5.53. The number of nitrogens with zero attached hydrogens (tertiary/aromatic N) is 1. The van der Waals surface area contributed by atoms with E-state index in [4.69, 9.17) is 9.47 Å². The molecule has 1 heterocycles. The fourth-order valence-electron chi connectivity index (χ4n) is 1.31. The van der Waals surface area contributed by atoms with Crippen molar-refractivity contribution in [3.8, 4) is 5.75 Å². The van der Waals surface area contributed by atoms with Crippen LogP contribution in [0.1, 0.15) is 0 Å². The summed E-state index contributed by atoms with van der Waals surface area (Å²) >= 11 is 3.37. The molecule has 0 unspecified atom stereocenters. The van der Waals surface area contributed by atoms with Crippen molar-refractivity contribution >= 4 is 33.3 Å². The number of methoxy groups -OCH3 is 1. The van der Waals surface area contributed by atoms with Crippen LogP contribution in [0.25, 0.3) is 10.2 Å². The maximum absolute atomic E-state index is 5.53. The van der Waals surface area contributed by atoms with Crippen LogP contribution in [-0.4, -0.2) is 31.6 Å². The highest BCUT2D eigenvalue weighted by atomic mass is 32.2. The van der Waals surface area contributed by atoms with Crippen LogP contribution in [0.3, 0.4) is 0 Å². The second-order valence-corrected chi connectivity index (χ2v) is 5.24. The summed E-state index contributed by atoms with van der Waals surface area (Å²) in [5.41, 5.74) is 1.00. The highest BCUT2D eigenvalue weighted by Gasteiger charge is 2.04. The number of hydrogen-bond acceptors (Lipinski definition) is 5. The third-order valence-corrected chi connectivity index (χ3v) is 4.09. The fraction of sp³-hybridized carbons (Fsp3) is 0.364. The second kappa shape index (κ2) is 5.52. The molecule has 86 valence electrons. The van der Waals surface area contributed by atoms with Crippen LogP contribution >= 0.6 is 23.1 Å². The first kappa shape index (κ1) is 11.7. The highest BCUT2D eigenvalue weighted by molar-refractivity contribution is 8.00. The van der Waals surface area contributed by atoms with Gasteiger partial charge in [0.1, 0.15) is 12.4 Å². The van der Waals surface area contributed by atoms with E-state index in [1.807, 2.05) is 18.4 Å². The Morgan fingerprint density at radius 3 is 3.00 bits per heavy atom. The Morgan fingerprint density at radius 2 is 2.25 bits per heavy atom. The third kappa shape index (κ3) is 2.66. The number of ether oxygens (including phenoxy) is 2. The first-order valence-corrected chi connectivity index (χ1v) is 6.94. The second-order valence-electron chi connectivity index (χ2n) is 3.15. The molecule has 0 spiro atoms. The van der Waals surface area contributed by atoms with Crippen molar-refractivity contribution in [2.45, 2.75) is 4.34 Å². The average molecular weight is 255 g/mol. The number of fused-ring (bicyclic) bond motifs is 1. The summed E-state index contributed by atoms with van der Waals surface area (Å²) in [5.74, 6) is 0.850. The Bertz CT molecular complexity index is 470. The van der Waals surface area contributed by atoms with Crippen LogP contribution in [0.15, 0.2) is 22.5 Å². The number of benzene rings is 1.